The lowest BCUT2D eigenvalue weighted by atomic mass is 9.86. The van der Waals surface area contributed by atoms with Gasteiger partial charge in [0.1, 0.15) is 0 Å². The maximum Gasteiger partial charge on any atom is 0.315 e. The molecular weight excluding hydrogens is 322 g/mol. The first-order valence-corrected chi connectivity index (χ1v) is 8.70. The molecule has 1 aliphatic heterocycles. The van der Waals surface area contributed by atoms with Gasteiger partial charge in [0.15, 0.2) is 0 Å². The van der Waals surface area contributed by atoms with Crippen molar-refractivity contribution in [3.63, 3.8) is 0 Å². The van der Waals surface area contributed by atoms with Gasteiger partial charge < -0.3 is 21.1 Å². The summed E-state index contributed by atoms with van der Waals surface area (Å²) >= 11 is 0. The molecule has 0 spiro atoms. The van der Waals surface area contributed by atoms with Crippen molar-refractivity contribution in [3.05, 3.63) is 34.9 Å². The van der Waals surface area contributed by atoms with Crippen LogP contribution in [0.2, 0.25) is 0 Å². The number of rotatable bonds is 4. The minimum Gasteiger partial charge on any atom is -0.481 e. The molecule has 4 N–H and O–H groups in total. The fourth-order valence-electron chi connectivity index (χ4n) is 3.47. The van der Waals surface area contributed by atoms with Crippen molar-refractivity contribution in [2.75, 3.05) is 6.54 Å². The molecule has 0 bridgehead atoms. The van der Waals surface area contributed by atoms with Crippen molar-refractivity contribution in [2.24, 2.45) is 5.92 Å². The van der Waals surface area contributed by atoms with Crippen LogP contribution >= 0.6 is 0 Å². The molecule has 0 radical (unpaired) electrons. The van der Waals surface area contributed by atoms with E-state index < -0.39 is 5.97 Å². The SMILES string of the molecule is O=C(NCc1ccc2c(c1)C(=O)NCC2)NC1CCC(C(=O)O)CC1. The number of carbonyl (C=O) groups is 3. The number of hydrogen-bond acceptors (Lipinski definition) is 3. The highest BCUT2D eigenvalue weighted by Crippen LogP contribution is 2.24. The molecule has 7 heteroatoms. The van der Waals surface area contributed by atoms with Crippen LogP contribution in [0.5, 0.6) is 0 Å². The highest BCUT2D eigenvalue weighted by molar-refractivity contribution is 5.96. The van der Waals surface area contributed by atoms with Gasteiger partial charge in [-0.25, -0.2) is 4.79 Å². The van der Waals surface area contributed by atoms with E-state index in [0.29, 0.717) is 44.3 Å². The van der Waals surface area contributed by atoms with E-state index in [9.17, 15) is 14.4 Å². The molecule has 7 nitrogen and oxygen atoms in total. The van der Waals surface area contributed by atoms with Crippen LogP contribution in [0.25, 0.3) is 0 Å². The summed E-state index contributed by atoms with van der Waals surface area (Å²) < 4.78 is 0. The molecule has 3 amide bonds. The third kappa shape index (κ3) is 4.29. The van der Waals surface area contributed by atoms with E-state index in [2.05, 4.69) is 16.0 Å². The van der Waals surface area contributed by atoms with Crippen LogP contribution in [0.3, 0.4) is 0 Å². The fourth-order valence-corrected chi connectivity index (χ4v) is 3.47. The van der Waals surface area contributed by atoms with Gasteiger partial charge in [0.05, 0.1) is 5.92 Å². The van der Waals surface area contributed by atoms with Crippen LogP contribution in [-0.4, -0.2) is 35.6 Å². The van der Waals surface area contributed by atoms with Crippen molar-refractivity contribution >= 4 is 17.9 Å². The second-order valence-electron chi connectivity index (χ2n) is 6.71. The Kier molecular flexibility index (Phi) is 5.21. The summed E-state index contributed by atoms with van der Waals surface area (Å²) in [6.45, 7) is 1.01. The molecule has 25 heavy (non-hydrogen) atoms. The highest BCUT2D eigenvalue weighted by Gasteiger charge is 2.26. The minimum absolute atomic E-state index is 0.0184. The lowest BCUT2D eigenvalue weighted by molar-refractivity contribution is -0.142. The van der Waals surface area contributed by atoms with Crippen LogP contribution in [0.1, 0.15) is 47.2 Å². The molecule has 0 unspecified atom stereocenters. The third-order valence-electron chi connectivity index (χ3n) is 4.96. The predicted octanol–water partition coefficient (Wildman–Crippen LogP) is 1.42. The van der Waals surface area contributed by atoms with Gasteiger partial charge in [0.2, 0.25) is 0 Å². The molecule has 1 fully saturated rings. The summed E-state index contributed by atoms with van der Waals surface area (Å²) in [5.41, 5.74) is 2.59. The van der Waals surface area contributed by atoms with Crippen LogP contribution in [0.4, 0.5) is 4.79 Å². The smallest absolute Gasteiger partial charge is 0.315 e. The zero-order valence-electron chi connectivity index (χ0n) is 14.0. The normalized spacial score (nSPS) is 22.5. The van der Waals surface area contributed by atoms with E-state index in [0.717, 1.165) is 17.5 Å². The number of aliphatic carboxylic acids is 1. The van der Waals surface area contributed by atoms with Crippen LogP contribution in [0, 0.1) is 5.92 Å². The zero-order chi connectivity index (χ0) is 17.8. The van der Waals surface area contributed by atoms with Gasteiger partial charge in [-0.2, -0.15) is 0 Å². The first-order valence-electron chi connectivity index (χ1n) is 8.70. The van der Waals surface area contributed by atoms with E-state index in [4.69, 9.17) is 5.11 Å². The molecule has 0 aromatic heterocycles. The maximum absolute atomic E-state index is 12.0. The number of benzene rings is 1. The van der Waals surface area contributed by atoms with Crippen LogP contribution in [-0.2, 0) is 17.8 Å². The van der Waals surface area contributed by atoms with Crippen LogP contribution in [0.15, 0.2) is 18.2 Å². The molecule has 134 valence electrons. The number of hydrogen-bond donors (Lipinski definition) is 4. The van der Waals surface area contributed by atoms with Crippen molar-refractivity contribution in [1.29, 1.82) is 0 Å². The fraction of sp³-hybridized carbons (Fsp3) is 0.500. The minimum atomic E-state index is -0.751. The second kappa shape index (κ2) is 7.55. The van der Waals surface area contributed by atoms with E-state index >= 15 is 0 Å². The first-order chi connectivity index (χ1) is 12.0. The number of carbonyl (C=O) groups excluding carboxylic acids is 2. The Labute approximate surface area is 146 Å². The Balaban J connectivity index is 1.47. The van der Waals surface area contributed by atoms with Gasteiger partial charge in [-0.3, -0.25) is 9.59 Å². The lowest BCUT2D eigenvalue weighted by Gasteiger charge is -2.26. The van der Waals surface area contributed by atoms with Crippen molar-refractivity contribution in [1.82, 2.24) is 16.0 Å². The molecule has 0 saturated heterocycles. The van der Waals surface area contributed by atoms with E-state index in [1.54, 1.807) is 0 Å². The summed E-state index contributed by atoms with van der Waals surface area (Å²) in [5.74, 6) is -1.11. The molecule has 1 saturated carbocycles. The van der Waals surface area contributed by atoms with Gasteiger partial charge >= 0.3 is 12.0 Å². The molecule has 2 aliphatic rings. The first kappa shape index (κ1) is 17.3. The average Bonchev–Trinajstić information content (AvgIpc) is 2.61. The zero-order valence-corrected chi connectivity index (χ0v) is 14.0. The Hall–Kier alpha value is -2.57. The molecular formula is C18H23N3O4. The quantitative estimate of drug-likeness (QED) is 0.662. The number of urea groups is 1. The Morgan fingerprint density at radius 2 is 1.96 bits per heavy atom. The van der Waals surface area contributed by atoms with Gasteiger partial charge in [0.25, 0.3) is 5.91 Å². The predicted molar refractivity (Wildman–Crippen MR) is 91.2 cm³/mol. The molecule has 1 aliphatic carbocycles. The monoisotopic (exact) mass is 345 g/mol. The Bertz CT molecular complexity index is 681. The van der Waals surface area contributed by atoms with Gasteiger partial charge in [-0.15, -0.1) is 0 Å². The third-order valence-corrected chi connectivity index (χ3v) is 4.96. The number of carboxylic acid groups (broad SMARTS) is 1. The van der Waals surface area contributed by atoms with Crippen LogP contribution < -0.4 is 16.0 Å². The van der Waals surface area contributed by atoms with Gasteiger partial charge in [-0.05, 0) is 49.3 Å². The lowest BCUT2D eigenvalue weighted by Crippen LogP contribution is -2.44. The topological polar surface area (TPSA) is 108 Å². The number of fused-ring (bicyclic) bond motifs is 1. The maximum atomic E-state index is 12.0. The average molecular weight is 345 g/mol. The number of nitrogens with one attached hydrogen (secondary N) is 3. The van der Waals surface area contributed by atoms with Gasteiger partial charge in [-0.1, -0.05) is 12.1 Å². The molecule has 3 rings (SSSR count). The summed E-state index contributed by atoms with van der Waals surface area (Å²) in [6.07, 6.45) is 3.39. The number of carboxylic acids is 1. The molecule has 1 heterocycles. The van der Waals surface area contributed by atoms with E-state index in [1.165, 1.54) is 0 Å². The second-order valence-corrected chi connectivity index (χ2v) is 6.71. The molecule has 0 atom stereocenters. The van der Waals surface area contributed by atoms with Gasteiger partial charge in [0, 0.05) is 24.7 Å². The molecule has 1 aromatic rings. The summed E-state index contributed by atoms with van der Waals surface area (Å²) in [4.78, 5) is 34.8. The Morgan fingerprint density at radius 1 is 1.20 bits per heavy atom. The summed E-state index contributed by atoms with van der Waals surface area (Å²) in [7, 11) is 0. The highest BCUT2D eigenvalue weighted by atomic mass is 16.4. The van der Waals surface area contributed by atoms with E-state index in [-0.39, 0.29) is 23.9 Å². The standard InChI is InChI=1S/C18H23N3O4/c22-16-15-9-11(1-2-12(15)7-8-19-16)10-20-18(25)21-14-5-3-13(4-6-14)17(23)24/h1-2,9,13-14H,3-8,10H2,(H,19,22)(H,23,24)(H2,20,21,25). The molecule has 1 aromatic carbocycles. The van der Waals surface area contributed by atoms with E-state index in [1.807, 2.05) is 18.2 Å². The summed E-state index contributed by atoms with van der Waals surface area (Å²) in [5, 5.41) is 17.5. The number of amides is 3. The van der Waals surface area contributed by atoms with Crippen molar-refractivity contribution in [2.45, 2.75) is 44.7 Å². The Morgan fingerprint density at radius 3 is 2.68 bits per heavy atom. The largest absolute Gasteiger partial charge is 0.481 e. The van der Waals surface area contributed by atoms with Crippen molar-refractivity contribution < 1.29 is 19.5 Å². The summed E-state index contributed by atoms with van der Waals surface area (Å²) in [6, 6.07) is 5.44. The van der Waals surface area contributed by atoms with Crippen molar-refractivity contribution in [3.8, 4) is 0 Å².